The van der Waals surface area contributed by atoms with Gasteiger partial charge in [0.05, 0.1) is 11.1 Å². The predicted molar refractivity (Wildman–Crippen MR) is 89.7 cm³/mol. The third kappa shape index (κ3) is 2.34. The van der Waals surface area contributed by atoms with Gasteiger partial charge in [0.15, 0.2) is 0 Å². The summed E-state index contributed by atoms with van der Waals surface area (Å²) >= 11 is 0. The Kier molecular flexibility index (Phi) is 3.08. The van der Waals surface area contributed by atoms with Crippen molar-refractivity contribution in [2.24, 2.45) is 0 Å². The highest BCUT2D eigenvalue weighted by Gasteiger charge is 2.12. The van der Waals surface area contributed by atoms with Crippen LogP contribution in [0.2, 0.25) is 0 Å². The number of H-pyrrole nitrogens is 1. The maximum absolute atomic E-state index is 12.5. The van der Waals surface area contributed by atoms with Crippen LogP contribution in [0, 0.1) is 6.92 Å². The Morgan fingerprint density at radius 2 is 2.00 bits per heavy atom. The largest absolute Gasteiger partial charge is 0.422 e. The maximum atomic E-state index is 12.5. The second-order valence-electron chi connectivity index (χ2n) is 5.44. The number of nitrogens with zero attached hydrogens (tertiary/aromatic N) is 1. The molecule has 0 radical (unpaired) electrons. The summed E-state index contributed by atoms with van der Waals surface area (Å²) in [5, 5.41) is 1.85. The zero-order chi connectivity index (χ0) is 15.8. The molecule has 4 heteroatoms. The normalized spacial score (nSPS) is 11.0. The SMILES string of the molecule is Cc1ccnc2ccc(C(=O)Oc3cccc4[nH]ccc34)cc12. The van der Waals surface area contributed by atoms with E-state index >= 15 is 0 Å². The number of rotatable bonds is 2. The second-order valence-corrected chi connectivity index (χ2v) is 5.44. The third-order valence-electron chi connectivity index (χ3n) is 3.95. The van der Waals surface area contributed by atoms with Gasteiger partial charge in [-0.05, 0) is 55.0 Å². The molecule has 0 bridgehead atoms. The van der Waals surface area contributed by atoms with Crippen molar-refractivity contribution in [2.45, 2.75) is 6.92 Å². The van der Waals surface area contributed by atoms with Crippen LogP contribution in [0.5, 0.6) is 5.75 Å². The van der Waals surface area contributed by atoms with Gasteiger partial charge in [-0.3, -0.25) is 4.98 Å². The van der Waals surface area contributed by atoms with Gasteiger partial charge in [-0.2, -0.15) is 0 Å². The van der Waals surface area contributed by atoms with Crippen LogP contribution in [0.1, 0.15) is 15.9 Å². The van der Waals surface area contributed by atoms with Gasteiger partial charge in [0.25, 0.3) is 0 Å². The molecular weight excluding hydrogens is 288 g/mol. The molecule has 0 unspecified atom stereocenters. The molecule has 23 heavy (non-hydrogen) atoms. The first-order chi connectivity index (χ1) is 11.2. The van der Waals surface area contributed by atoms with Crippen molar-refractivity contribution in [3.8, 4) is 5.75 Å². The van der Waals surface area contributed by atoms with Crippen LogP contribution in [-0.2, 0) is 0 Å². The first-order valence-electron chi connectivity index (χ1n) is 7.36. The van der Waals surface area contributed by atoms with E-state index in [0.717, 1.165) is 27.4 Å². The Labute approximate surface area is 132 Å². The molecule has 2 aromatic heterocycles. The zero-order valence-electron chi connectivity index (χ0n) is 12.5. The fourth-order valence-electron chi connectivity index (χ4n) is 2.71. The molecule has 0 amide bonds. The standard InChI is InChI=1S/C19H14N2O2/c1-12-7-9-20-17-6-5-13(11-15(12)17)19(22)23-18-4-2-3-16-14(18)8-10-21-16/h2-11,21H,1H3. The smallest absolute Gasteiger partial charge is 0.343 e. The molecule has 0 aliphatic heterocycles. The maximum Gasteiger partial charge on any atom is 0.343 e. The number of ether oxygens (including phenoxy) is 1. The number of esters is 1. The number of aromatic amines is 1. The van der Waals surface area contributed by atoms with Crippen LogP contribution in [0.25, 0.3) is 21.8 Å². The lowest BCUT2D eigenvalue weighted by atomic mass is 10.1. The lowest BCUT2D eigenvalue weighted by Crippen LogP contribution is -2.08. The lowest BCUT2D eigenvalue weighted by Gasteiger charge is -2.07. The summed E-state index contributed by atoms with van der Waals surface area (Å²) < 4.78 is 5.58. The molecule has 0 saturated carbocycles. The minimum Gasteiger partial charge on any atom is -0.422 e. The molecule has 0 atom stereocenters. The van der Waals surface area contributed by atoms with Gasteiger partial charge in [0.2, 0.25) is 0 Å². The van der Waals surface area contributed by atoms with Crippen molar-refractivity contribution >= 4 is 27.8 Å². The number of aromatic nitrogens is 2. The number of nitrogens with one attached hydrogen (secondary N) is 1. The summed E-state index contributed by atoms with van der Waals surface area (Å²) in [5.41, 5.74) is 3.40. The molecule has 0 aliphatic rings. The minimum absolute atomic E-state index is 0.371. The van der Waals surface area contributed by atoms with Gasteiger partial charge in [-0.1, -0.05) is 6.07 Å². The van der Waals surface area contributed by atoms with Gasteiger partial charge in [-0.25, -0.2) is 4.79 Å². The quantitative estimate of drug-likeness (QED) is 0.445. The molecular formula is C19H14N2O2. The van der Waals surface area contributed by atoms with E-state index in [0.29, 0.717) is 11.3 Å². The highest BCUT2D eigenvalue weighted by atomic mass is 16.5. The number of carbonyl (C=O) groups is 1. The minimum atomic E-state index is -0.371. The Balaban J connectivity index is 1.72. The van der Waals surface area contributed by atoms with Crippen molar-refractivity contribution in [3.05, 3.63) is 72.1 Å². The highest BCUT2D eigenvalue weighted by molar-refractivity contribution is 5.98. The number of carbonyl (C=O) groups excluding carboxylic acids is 1. The lowest BCUT2D eigenvalue weighted by molar-refractivity contribution is 0.0737. The number of fused-ring (bicyclic) bond motifs is 2. The van der Waals surface area contributed by atoms with Gasteiger partial charge >= 0.3 is 5.97 Å². The predicted octanol–water partition coefficient (Wildman–Crippen LogP) is 4.24. The third-order valence-corrected chi connectivity index (χ3v) is 3.95. The summed E-state index contributed by atoms with van der Waals surface area (Å²) in [6.07, 6.45) is 3.59. The molecule has 112 valence electrons. The van der Waals surface area contributed by atoms with Crippen molar-refractivity contribution in [3.63, 3.8) is 0 Å². The van der Waals surface area contributed by atoms with Crippen LogP contribution >= 0.6 is 0 Å². The van der Waals surface area contributed by atoms with E-state index in [9.17, 15) is 4.79 Å². The Bertz CT molecular complexity index is 1030. The fraction of sp³-hybridized carbons (Fsp3) is 0.0526. The zero-order valence-corrected chi connectivity index (χ0v) is 12.5. The molecule has 0 fully saturated rings. The molecule has 2 heterocycles. The van der Waals surface area contributed by atoms with Gasteiger partial charge in [0.1, 0.15) is 5.75 Å². The van der Waals surface area contributed by atoms with E-state index in [2.05, 4.69) is 9.97 Å². The molecule has 1 N–H and O–H groups in total. The summed E-state index contributed by atoms with van der Waals surface area (Å²) in [6.45, 7) is 2.00. The van der Waals surface area contributed by atoms with Crippen molar-refractivity contribution in [2.75, 3.05) is 0 Å². The molecule has 0 saturated heterocycles. The van der Waals surface area contributed by atoms with E-state index in [1.54, 1.807) is 18.3 Å². The number of hydrogen-bond donors (Lipinski definition) is 1. The van der Waals surface area contributed by atoms with Gasteiger partial charge in [-0.15, -0.1) is 0 Å². The number of hydrogen-bond acceptors (Lipinski definition) is 3. The number of pyridine rings is 1. The molecule has 4 nitrogen and oxygen atoms in total. The Hall–Kier alpha value is -3.14. The summed E-state index contributed by atoms with van der Waals surface area (Å²) in [5.74, 6) is 0.181. The molecule has 2 aromatic carbocycles. The van der Waals surface area contributed by atoms with E-state index in [-0.39, 0.29) is 5.97 Å². The average Bonchev–Trinajstić information content (AvgIpc) is 3.04. The topological polar surface area (TPSA) is 55.0 Å². The number of benzene rings is 2. The van der Waals surface area contributed by atoms with Gasteiger partial charge in [0, 0.05) is 28.7 Å². The van der Waals surface area contributed by atoms with Crippen LogP contribution in [0.3, 0.4) is 0 Å². The van der Waals surface area contributed by atoms with E-state index < -0.39 is 0 Å². The molecule has 4 aromatic rings. The second kappa shape index (κ2) is 5.25. The summed E-state index contributed by atoms with van der Waals surface area (Å²) in [4.78, 5) is 19.9. The van der Waals surface area contributed by atoms with E-state index in [1.165, 1.54) is 0 Å². The van der Waals surface area contributed by atoms with Crippen molar-refractivity contribution in [1.82, 2.24) is 9.97 Å². The van der Waals surface area contributed by atoms with Crippen LogP contribution in [-0.4, -0.2) is 15.9 Å². The molecule has 0 spiro atoms. The average molecular weight is 302 g/mol. The van der Waals surface area contributed by atoms with Crippen molar-refractivity contribution in [1.29, 1.82) is 0 Å². The first-order valence-corrected chi connectivity index (χ1v) is 7.36. The van der Waals surface area contributed by atoms with Crippen LogP contribution in [0.4, 0.5) is 0 Å². The van der Waals surface area contributed by atoms with Gasteiger partial charge < -0.3 is 9.72 Å². The summed E-state index contributed by atoms with van der Waals surface area (Å²) in [6, 6.07) is 14.8. The summed E-state index contributed by atoms with van der Waals surface area (Å²) in [7, 11) is 0. The molecule has 0 aliphatic carbocycles. The van der Waals surface area contributed by atoms with Crippen LogP contribution < -0.4 is 4.74 Å². The van der Waals surface area contributed by atoms with E-state index in [4.69, 9.17) is 4.74 Å². The Morgan fingerprint density at radius 3 is 2.91 bits per heavy atom. The van der Waals surface area contributed by atoms with Crippen molar-refractivity contribution < 1.29 is 9.53 Å². The highest BCUT2D eigenvalue weighted by Crippen LogP contribution is 2.26. The Morgan fingerprint density at radius 1 is 1.09 bits per heavy atom. The van der Waals surface area contributed by atoms with Crippen LogP contribution in [0.15, 0.2) is 60.9 Å². The first kappa shape index (κ1) is 13.5. The molecule has 4 rings (SSSR count). The monoisotopic (exact) mass is 302 g/mol. The number of aryl methyl sites for hydroxylation is 1. The fourth-order valence-corrected chi connectivity index (χ4v) is 2.71. The van der Waals surface area contributed by atoms with E-state index in [1.807, 2.05) is 49.5 Å².